The van der Waals surface area contributed by atoms with Crippen LogP contribution in [0.3, 0.4) is 0 Å². The maximum atomic E-state index is 12.0. The van der Waals surface area contributed by atoms with Crippen molar-refractivity contribution < 1.29 is 22.9 Å². The van der Waals surface area contributed by atoms with Crippen LogP contribution in [-0.4, -0.2) is 65.7 Å². The van der Waals surface area contributed by atoms with Gasteiger partial charge in [-0.1, -0.05) is 0 Å². The number of carbonyl (C=O) groups is 1. The van der Waals surface area contributed by atoms with E-state index >= 15 is 0 Å². The van der Waals surface area contributed by atoms with Crippen molar-refractivity contribution in [2.75, 3.05) is 18.8 Å². The van der Waals surface area contributed by atoms with E-state index in [4.69, 9.17) is 10.3 Å². The standard InChI is InChI=1S/C13H16Br2N6O5S/c14-7-4-9(19-10(7)15)12(23)18-5-6(22)3-8-11(21-13(16)20-8)17-1-2-27(24,25)26/h3-4,6,19,22H,1-2,5H2,(H,18,23)(H,24,25,26)(H3,16,17,20,21)/b8-3-/t6-/m0/s1. The topological polar surface area (TPSA) is 182 Å². The molecule has 11 nitrogen and oxygen atoms in total. The predicted octanol–water partition coefficient (Wildman–Crippen LogP) is -0.281. The third kappa shape index (κ3) is 6.73. The number of hydrogen-bond acceptors (Lipinski definition) is 7. The molecule has 0 aliphatic carbocycles. The molecule has 1 aliphatic rings. The first-order valence-corrected chi connectivity index (χ1v) is 10.6. The van der Waals surface area contributed by atoms with Crippen molar-refractivity contribution in [3.05, 3.63) is 32.6 Å². The molecule has 14 heteroatoms. The second kappa shape index (κ2) is 8.97. The number of H-pyrrole nitrogens is 1. The molecule has 0 spiro atoms. The number of guanidine groups is 1. The van der Waals surface area contributed by atoms with Gasteiger partial charge >= 0.3 is 0 Å². The van der Waals surface area contributed by atoms with Crippen LogP contribution >= 0.6 is 31.9 Å². The smallest absolute Gasteiger partial charge is 0.267 e. The van der Waals surface area contributed by atoms with Crippen LogP contribution in [0, 0.1) is 0 Å². The molecule has 1 aliphatic heterocycles. The van der Waals surface area contributed by atoms with Gasteiger partial charge in [0.1, 0.15) is 5.69 Å². The summed E-state index contributed by atoms with van der Waals surface area (Å²) in [5.74, 6) is -0.891. The Labute approximate surface area is 171 Å². The number of aromatic nitrogens is 1. The van der Waals surface area contributed by atoms with Gasteiger partial charge in [0.2, 0.25) is 0 Å². The van der Waals surface area contributed by atoms with Gasteiger partial charge < -0.3 is 26.5 Å². The fraction of sp³-hybridized carbons (Fsp3) is 0.308. The molecule has 1 amide bonds. The van der Waals surface area contributed by atoms with E-state index in [1.54, 1.807) is 6.07 Å². The summed E-state index contributed by atoms with van der Waals surface area (Å²) in [5.41, 5.74) is 6.11. The monoisotopic (exact) mass is 526 g/mol. The van der Waals surface area contributed by atoms with Crippen LogP contribution in [0.1, 0.15) is 10.5 Å². The van der Waals surface area contributed by atoms with Crippen LogP contribution in [-0.2, 0) is 10.1 Å². The number of halogens is 2. The highest BCUT2D eigenvalue weighted by Gasteiger charge is 2.18. The summed E-state index contributed by atoms with van der Waals surface area (Å²) < 4.78 is 31.5. The number of amidine groups is 1. The Morgan fingerprint density at radius 2 is 2.19 bits per heavy atom. The summed E-state index contributed by atoms with van der Waals surface area (Å²) in [7, 11) is -4.15. The maximum absolute atomic E-state index is 12.0. The number of nitrogens with zero attached hydrogens (tertiary/aromatic N) is 2. The van der Waals surface area contributed by atoms with Gasteiger partial charge in [0.25, 0.3) is 16.0 Å². The Kier molecular flexibility index (Phi) is 7.16. The Hall–Kier alpha value is -1.74. The second-order valence-corrected chi connectivity index (χ2v) is 8.54. The van der Waals surface area contributed by atoms with Crippen LogP contribution in [0.2, 0.25) is 0 Å². The molecule has 0 fully saturated rings. The number of aliphatic hydroxyl groups is 1. The molecule has 2 heterocycles. The summed E-state index contributed by atoms with van der Waals surface area (Å²) >= 11 is 6.48. The second-order valence-electron chi connectivity index (χ2n) is 5.32. The molecule has 7 N–H and O–H groups in total. The summed E-state index contributed by atoms with van der Waals surface area (Å²) in [6.07, 6.45) is 0.238. The number of carbonyl (C=O) groups excluding carboxylic acids is 1. The van der Waals surface area contributed by atoms with Crippen LogP contribution in [0.15, 0.2) is 36.9 Å². The van der Waals surface area contributed by atoms with Gasteiger partial charge in [-0.05, 0) is 44.0 Å². The van der Waals surface area contributed by atoms with Crippen LogP contribution in [0.5, 0.6) is 0 Å². The third-order valence-electron chi connectivity index (χ3n) is 3.14. The van der Waals surface area contributed by atoms with E-state index in [0.717, 1.165) is 0 Å². The maximum Gasteiger partial charge on any atom is 0.267 e. The Morgan fingerprint density at radius 3 is 2.78 bits per heavy atom. The van der Waals surface area contributed by atoms with Gasteiger partial charge in [0, 0.05) is 6.54 Å². The van der Waals surface area contributed by atoms with Crippen molar-refractivity contribution in [3.63, 3.8) is 0 Å². The number of aliphatic imine (C=N–C) groups is 2. The molecule has 1 aromatic rings. The zero-order valence-corrected chi connectivity index (χ0v) is 17.6. The molecule has 0 saturated carbocycles. The van der Waals surface area contributed by atoms with Gasteiger partial charge in [-0.2, -0.15) is 13.4 Å². The summed E-state index contributed by atoms with van der Waals surface area (Å²) in [6, 6.07) is 1.58. The predicted molar refractivity (Wildman–Crippen MR) is 106 cm³/mol. The lowest BCUT2D eigenvalue weighted by Gasteiger charge is -2.09. The average molecular weight is 528 g/mol. The molecule has 0 aromatic carbocycles. The zero-order chi connectivity index (χ0) is 20.2. The third-order valence-corrected chi connectivity index (χ3v) is 5.62. The number of aromatic amines is 1. The van der Waals surface area contributed by atoms with Gasteiger partial charge in [-0.15, -0.1) is 0 Å². The van der Waals surface area contributed by atoms with Gasteiger partial charge in [-0.25, -0.2) is 0 Å². The minimum absolute atomic E-state index is 0.0178. The molecule has 0 bridgehead atoms. The van der Waals surface area contributed by atoms with Gasteiger partial charge in [-0.3, -0.25) is 14.3 Å². The normalized spacial score (nSPS) is 18.4. The van der Waals surface area contributed by atoms with Crippen LogP contribution in [0.25, 0.3) is 0 Å². The fourth-order valence-corrected chi connectivity index (χ4v) is 2.95. The summed E-state index contributed by atoms with van der Waals surface area (Å²) in [5, 5.41) is 15.3. The first kappa shape index (κ1) is 21.6. The first-order valence-electron chi connectivity index (χ1n) is 7.38. The number of rotatable bonds is 7. The molecular weight excluding hydrogens is 512 g/mol. The largest absolute Gasteiger partial charge is 0.387 e. The summed E-state index contributed by atoms with van der Waals surface area (Å²) in [6.45, 7) is -0.330. The zero-order valence-electron chi connectivity index (χ0n) is 13.6. The van der Waals surface area contributed by atoms with Gasteiger partial charge in [0.05, 0.1) is 33.2 Å². The SMILES string of the molecule is NC1=NC(=NCCS(=O)(=O)O)/C(=C/[C@H](O)CNC(=O)c2cc(Br)c(Br)[nH]2)N1. The van der Waals surface area contributed by atoms with E-state index in [0.29, 0.717) is 14.8 Å². The number of nitrogens with one attached hydrogen (secondary N) is 3. The highest BCUT2D eigenvalue weighted by molar-refractivity contribution is 9.13. The molecular formula is C13H16Br2N6O5S. The molecule has 0 unspecified atom stereocenters. The molecule has 1 aromatic heterocycles. The van der Waals surface area contributed by atoms with Crippen LogP contribution in [0.4, 0.5) is 0 Å². The number of nitrogens with two attached hydrogens (primary N) is 1. The Morgan fingerprint density at radius 1 is 1.48 bits per heavy atom. The van der Waals surface area contributed by atoms with Crippen molar-refractivity contribution in [1.29, 1.82) is 0 Å². The van der Waals surface area contributed by atoms with E-state index in [1.165, 1.54) is 6.08 Å². The average Bonchev–Trinajstić information content (AvgIpc) is 3.06. The lowest BCUT2D eigenvalue weighted by molar-refractivity contribution is 0.0928. The minimum Gasteiger partial charge on any atom is -0.387 e. The van der Waals surface area contributed by atoms with E-state index in [1.807, 2.05) is 0 Å². The molecule has 0 saturated heterocycles. The summed E-state index contributed by atoms with van der Waals surface area (Å²) in [4.78, 5) is 22.6. The lowest BCUT2D eigenvalue weighted by atomic mass is 10.2. The van der Waals surface area contributed by atoms with E-state index in [9.17, 15) is 18.3 Å². The van der Waals surface area contributed by atoms with E-state index < -0.39 is 27.9 Å². The highest BCUT2D eigenvalue weighted by Crippen LogP contribution is 2.22. The van der Waals surface area contributed by atoms with Crippen LogP contribution < -0.4 is 16.4 Å². The van der Waals surface area contributed by atoms with E-state index in [-0.39, 0.29) is 30.6 Å². The fourth-order valence-electron chi connectivity index (χ4n) is 1.97. The number of hydrogen-bond donors (Lipinski definition) is 6. The van der Waals surface area contributed by atoms with Gasteiger partial charge in [0.15, 0.2) is 11.8 Å². The molecule has 27 heavy (non-hydrogen) atoms. The molecule has 1 atom stereocenters. The molecule has 2 rings (SSSR count). The highest BCUT2D eigenvalue weighted by atomic mass is 79.9. The number of amides is 1. The van der Waals surface area contributed by atoms with Crippen molar-refractivity contribution in [1.82, 2.24) is 15.6 Å². The Balaban J connectivity index is 1.97. The van der Waals surface area contributed by atoms with Crippen molar-refractivity contribution in [2.24, 2.45) is 15.7 Å². The van der Waals surface area contributed by atoms with Crippen molar-refractivity contribution in [3.8, 4) is 0 Å². The molecule has 148 valence electrons. The van der Waals surface area contributed by atoms with Crippen molar-refractivity contribution in [2.45, 2.75) is 6.10 Å². The van der Waals surface area contributed by atoms with Crippen molar-refractivity contribution >= 4 is 59.7 Å². The molecule has 0 radical (unpaired) electrons. The Bertz CT molecular complexity index is 904. The minimum atomic E-state index is -4.15. The lowest BCUT2D eigenvalue weighted by Crippen LogP contribution is -2.33. The van der Waals surface area contributed by atoms with E-state index in [2.05, 4.69) is 57.5 Å². The quantitative estimate of drug-likeness (QED) is 0.263. The first-order chi connectivity index (χ1) is 12.5. The number of aliphatic hydroxyl groups excluding tert-OH is 1.